The quantitative estimate of drug-likeness (QED) is 0.208. The number of hydrogen-bond acceptors (Lipinski definition) is 6. The smallest absolute Gasteiger partial charge is 0.379 e. The molecule has 0 amide bonds. The topological polar surface area (TPSA) is 93.1 Å². The molecule has 0 aliphatic carbocycles. The first kappa shape index (κ1) is 23.9. The third-order valence-electron chi connectivity index (χ3n) is 6.19. The number of aromatic nitrogens is 1. The van der Waals surface area contributed by atoms with Gasteiger partial charge in [-0.3, -0.25) is 4.55 Å². The molecule has 0 saturated carbocycles. The third-order valence-corrected chi connectivity index (χ3v) is 7.00. The van der Waals surface area contributed by atoms with Crippen LogP contribution in [0.3, 0.4) is 0 Å². The molecule has 8 nitrogen and oxygen atoms in total. The molecule has 2 heterocycles. The van der Waals surface area contributed by atoms with E-state index in [1.165, 1.54) is 0 Å². The van der Waals surface area contributed by atoms with Crippen molar-refractivity contribution in [2.24, 2.45) is 7.05 Å². The van der Waals surface area contributed by atoms with E-state index < -0.39 is 10.1 Å². The average molecular weight is 508 g/mol. The molecule has 0 spiro atoms. The van der Waals surface area contributed by atoms with E-state index in [1.54, 1.807) is 7.11 Å². The van der Waals surface area contributed by atoms with Gasteiger partial charge in [0.25, 0.3) is 15.6 Å². The summed E-state index contributed by atoms with van der Waals surface area (Å²) in [5, 5.41) is 0. The number of oxazole rings is 1. The van der Waals surface area contributed by atoms with E-state index >= 15 is 0 Å². The molecule has 0 radical (unpaired) electrons. The maximum atomic E-state index is 11.2. The van der Waals surface area contributed by atoms with Crippen LogP contribution in [0.2, 0.25) is 0 Å². The van der Waals surface area contributed by atoms with Gasteiger partial charge in [0.05, 0.1) is 24.6 Å². The van der Waals surface area contributed by atoms with Crippen molar-refractivity contribution in [3.63, 3.8) is 0 Å². The first-order valence-electron chi connectivity index (χ1n) is 11.6. The van der Waals surface area contributed by atoms with Gasteiger partial charge in [-0.1, -0.05) is 36.4 Å². The number of unbranched alkanes of at least 4 members (excludes halogenated alkanes) is 1. The Morgan fingerprint density at radius 1 is 1.03 bits per heavy atom. The number of hydrogen-bond donors (Lipinski definition) is 1. The third kappa shape index (κ3) is 4.93. The predicted octanol–water partition coefficient (Wildman–Crippen LogP) is 4.80. The second-order valence-electron chi connectivity index (χ2n) is 8.61. The Morgan fingerprint density at radius 3 is 2.58 bits per heavy atom. The van der Waals surface area contributed by atoms with Gasteiger partial charge in [-0.05, 0) is 48.2 Å². The summed E-state index contributed by atoms with van der Waals surface area (Å²) < 4.78 is 51.1. The van der Waals surface area contributed by atoms with Crippen molar-refractivity contribution in [2.45, 2.75) is 12.8 Å². The number of rotatable bonds is 8. The Hall–Kier alpha value is -3.82. The molecule has 9 heteroatoms. The Kier molecular flexibility index (Phi) is 6.42. The molecule has 0 saturated heterocycles. The highest BCUT2D eigenvalue weighted by Crippen LogP contribution is 2.42. The molecule has 0 atom stereocenters. The van der Waals surface area contributed by atoms with Crippen LogP contribution < -0.4 is 18.9 Å². The van der Waals surface area contributed by atoms with E-state index in [-0.39, 0.29) is 5.75 Å². The molecule has 1 aliphatic rings. The van der Waals surface area contributed by atoms with Crippen LogP contribution in [-0.2, 0) is 17.2 Å². The fourth-order valence-electron chi connectivity index (χ4n) is 4.31. The molecule has 4 aromatic rings. The largest absolute Gasteiger partial charge is 0.497 e. The molecule has 186 valence electrons. The van der Waals surface area contributed by atoms with Crippen LogP contribution in [0.4, 0.5) is 5.69 Å². The number of benzene rings is 3. The van der Waals surface area contributed by atoms with E-state index in [4.69, 9.17) is 18.4 Å². The van der Waals surface area contributed by atoms with E-state index in [0.717, 1.165) is 28.1 Å². The summed E-state index contributed by atoms with van der Waals surface area (Å²) in [5.41, 5.74) is 4.61. The van der Waals surface area contributed by atoms with Crippen molar-refractivity contribution in [1.82, 2.24) is 0 Å². The van der Waals surface area contributed by atoms with Crippen molar-refractivity contribution in [3.05, 3.63) is 78.5 Å². The highest BCUT2D eigenvalue weighted by Gasteiger charge is 2.29. The van der Waals surface area contributed by atoms with Crippen LogP contribution >= 0.6 is 0 Å². The first-order chi connectivity index (χ1) is 17.3. The fraction of sp³-hybridized carbons (Fsp3) is 0.222. The fourth-order valence-corrected chi connectivity index (χ4v) is 4.88. The molecule has 0 unspecified atom stereocenters. The zero-order valence-corrected chi connectivity index (χ0v) is 20.9. The standard InChI is InChI=1S/C27H26N2O6S/c1-28-22-17-21(33-2)11-13-24(22)34-26(28)18-27-29(14-6-7-15-36(30,31)32)23-16-20(10-12-25(23)35-27)19-8-4-3-5-9-19/h3-5,8-13,16-18H,6-7,14-15H2,1-2H3/p+1. The van der Waals surface area contributed by atoms with Crippen LogP contribution in [0, 0.1) is 0 Å². The number of nitrogens with zero attached hydrogens (tertiary/aromatic N) is 2. The summed E-state index contributed by atoms with van der Waals surface area (Å²) in [5.74, 6) is 2.32. The van der Waals surface area contributed by atoms with Crippen LogP contribution in [0.15, 0.2) is 77.0 Å². The summed E-state index contributed by atoms with van der Waals surface area (Å²) in [6.45, 7) is 0.504. The summed E-state index contributed by atoms with van der Waals surface area (Å²) in [6, 6.07) is 21.7. The number of ether oxygens (including phenoxy) is 2. The van der Waals surface area contributed by atoms with E-state index in [0.29, 0.717) is 42.5 Å². The number of anilines is 1. The normalized spacial score (nSPS) is 14.3. The van der Waals surface area contributed by atoms with Gasteiger partial charge in [0.15, 0.2) is 5.75 Å². The molecule has 0 bridgehead atoms. The van der Waals surface area contributed by atoms with E-state index in [2.05, 4.69) is 6.07 Å². The lowest BCUT2D eigenvalue weighted by Crippen LogP contribution is -2.30. The molecule has 1 aliphatic heterocycles. The first-order valence-corrected chi connectivity index (χ1v) is 13.2. The van der Waals surface area contributed by atoms with Gasteiger partial charge in [-0.25, -0.2) is 0 Å². The van der Waals surface area contributed by atoms with Crippen LogP contribution in [0.25, 0.3) is 28.3 Å². The number of methoxy groups -OCH3 is 1. The zero-order valence-electron chi connectivity index (χ0n) is 20.0. The monoisotopic (exact) mass is 507 g/mol. The van der Waals surface area contributed by atoms with Crippen LogP contribution in [0.1, 0.15) is 18.7 Å². The summed E-state index contributed by atoms with van der Waals surface area (Å²) in [4.78, 5) is 2.01. The average Bonchev–Trinajstić information content (AvgIpc) is 3.37. The summed E-state index contributed by atoms with van der Waals surface area (Å²) >= 11 is 0. The van der Waals surface area contributed by atoms with Gasteiger partial charge in [-0.15, -0.1) is 0 Å². The zero-order chi connectivity index (χ0) is 25.3. The lowest BCUT2D eigenvalue weighted by Gasteiger charge is -2.18. The molecule has 0 fully saturated rings. The predicted molar refractivity (Wildman–Crippen MR) is 137 cm³/mol. The van der Waals surface area contributed by atoms with Gasteiger partial charge in [0, 0.05) is 6.54 Å². The molecule has 1 aromatic heterocycles. The van der Waals surface area contributed by atoms with Crippen molar-refractivity contribution in [1.29, 1.82) is 0 Å². The van der Waals surface area contributed by atoms with Crippen molar-refractivity contribution < 1.29 is 31.4 Å². The van der Waals surface area contributed by atoms with Crippen molar-refractivity contribution in [2.75, 3.05) is 24.3 Å². The van der Waals surface area contributed by atoms with Crippen molar-refractivity contribution in [3.8, 4) is 22.6 Å². The Labute approximate surface area is 209 Å². The molecular weight excluding hydrogens is 480 g/mol. The minimum absolute atomic E-state index is 0.280. The minimum atomic E-state index is -4.00. The maximum Gasteiger partial charge on any atom is 0.379 e. The molecule has 36 heavy (non-hydrogen) atoms. The Bertz CT molecular complexity index is 1540. The molecule has 5 rings (SSSR count). The van der Waals surface area contributed by atoms with Crippen LogP contribution in [0.5, 0.6) is 11.5 Å². The minimum Gasteiger partial charge on any atom is -0.497 e. The SMILES string of the molecule is COc1ccc2oc(C=C3Oc4ccc(-c5ccccc5)cc4N3CCCCS(=O)(=O)O)[n+](C)c2c1. The van der Waals surface area contributed by atoms with Gasteiger partial charge in [0.1, 0.15) is 18.9 Å². The highest BCUT2D eigenvalue weighted by molar-refractivity contribution is 7.85. The van der Waals surface area contributed by atoms with Crippen LogP contribution in [-0.4, -0.2) is 32.4 Å². The van der Waals surface area contributed by atoms with Gasteiger partial charge >= 0.3 is 5.89 Å². The second kappa shape index (κ2) is 9.67. The molecule has 1 N–H and O–H groups in total. The second-order valence-corrected chi connectivity index (χ2v) is 10.2. The summed E-state index contributed by atoms with van der Waals surface area (Å²) in [6.07, 6.45) is 2.70. The molecule has 3 aromatic carbocycles. The van der Waals surface area contributed by atoms with Gasteiger partial charge < -0.3 is 18.8 Å². The van der Waals surface area contributed by atoms with E-state index in [1.807, 2.05) is 83.3 Å². The summed E-state index contributed by atoms with van der Waals surface area (Å²) in [7, 11) is -0.476. The lowest BCUT2D eigenvalue weighted by atomic mass is 10.0. The molecular formula is C27H27N2O6S+. The van der Waals surface area contributed by atoms with Gasteiger partial charge in [0.2, 0.25) is 11.5 Å². The van der Waals surface area contributed by atoms with Crippen molar-refractivity contribution >= 4 is 33.0 Å². The maximum absolute atomic E-state index is 11.2. The number of aryl methyl sites for hydroxylation is 1. The Morgan fingerprint density at radius 2 is 1.83 bits per heavy atom. The lowest BCUT2D eigenvalue weighted by molar-refractivity contribution is -0.652. The van der Waals surface area contributed by atoms with Gasteiger partial charge in [-0.2, -0.15) is 13.0 Å². The number of fused-ring (bicyclic) bond motifs is 2. The Balaban J connectivity index is 1.51. The highest BCUT2D eigenvalue weighted by atomic mass is 32.2. The van der Waals surface area contributed by atoms with E-state index in [9.17, 15) is 8.42 Å².